The maximum Gasteiger partial charge on any atom is 0.410 e. The summed E-state index contributed by atoms with van der Waals surface area (Å²) in [5.74, 6) is 1.67. The number of nitrogens with one attached hydrogen (secondary N) is 1. The molecule has 8 heteroatoms. The molecule has 1 saturated heterocycles. The number of likely N-dealkylation sites (tertiary alicyclic amines) is 1. The predicted octanol–water partition coefficient (Wildman–Crippen LogP) is 4.50. The number of piperidine rings is 1. The van der Waals surface area contributed by atoms with Crippen LogP contribution in [0.5, 0.6) is 0 Å². The molecule has 0 radical (unpaired) electrons. The molecule has 1 saturated carbocycles. The van der Waals surface area contributed by atoms with Gasteiger partial charge in [0.1, 0.15) is 5.60 Å². The Morgan fingerprint density at radius 1 is 1.13 bits per heavy atom. The highest BCUT2D eigenvalue weighted by molar-refractivity contribution is 14.0. The monoisotopic (exact) mass is 552 g/mol. The van der Waals surface area contributed by atoms with E-state index in [1.165, 1.54) is 12.8 Å². The van der Waals surface area contributed by atoms with E-state index in [1.54, 1.807) is 7.11 Å². The summed E-state index contributed by atoms with van der Waals surface area (Å²) in [6, 6.07) is 0.258. The van der Waals surface area contributed by atoms with E-state index in [-0.39, 0.29) is 36.1 Å². The van der Waals surface area contributed by atoms with E-state index in [9.17, 15) is 4.79 Å². The average Bonchev–Trinajstić information content (AvgIpc) is 3.51. The van der Waals surface area contributed by atoms with Gasteiger partial charge < -0.3 is 24.6 Å². The third kappa shape index (κ3) is 11.1. The number of nitrogens with zero attached hydrogens (tertiary/aromatic N) is 3. The van der Waals surface area contributed by atoms with Crippen molar-refractivity contribution in [3.05, 3.63) is 0 Å². The van der Waals surface area contributed by atoms with Crippen LogP contribution < -0.4 is 5.32 Å². The molecule has 2 rings (SSSR count). The van der Waals surface area contributed by atoms with Crippen LogP contribution in [0.3, 0.4) is 0 Å². The zero-order chi connectivity index (χ0) is 22.0. The van der Waals surface area contributed by atoms with E-state index < -0.39 is 5.60 Å². The van der Waals surface area contributed by atoms with Crippen molar-refractivity contribution in [3.8, 4) is 0 Å². The number of unbranched alkanes of at least 4 members (excludes halogenated alkanes) is 2. The Kier molecular flexibility index (Phi) is 13.1. The normalized spacial score (nSPS) is 17.8. The lowest BCUT2D eigenvalue weighted by molar-refractivity contribution is 0.00928. The first kappa shape index (κ1) is 28.3. The highest BCUT2D eigenvalue weighted by atomic mass is 127. The van der Waals surface area contributed by atoms with Gasteiger partial charge in [-0.15, -0.1) is 24.0 Å². The molecule has 0 unspecified atom stereocenters. The van der Waals surface area contributed by atoms with Crippen LogP contribution in [-0.4, -0.2) is 79.9 Å². The number of carbonyl (C=O) groups is 1. The molecule has 2 aliphatic rings. The van der Waals surface area contributed by atoms with Crippen LogP contribution in [0.15, 0.2) is 4.99 Å². The van der Waals surface area contributed by atoms with Crippen LogP contribution in [0.1, 0.15) is 72.6 Å². The van der Waals surface area contributed by atoms with Gasteiger partial charge in [0.15, 0.2) is 5.96 Å². The van der Waals surface area contributed by atoms with E-state index in [1.807, 2.05) is 25.7 Å². The van der Waals surface area contributed by atoms with Gasteiger partial charge in [-0.1, -0.05) is 0 Å². The Morgan fingerprint density at radius 2 is 1.81 bits per heavy atom. The number of carbonyl (C=O) groups excluding carboxylic acids is 1. The predicted molar refractivity (Wildman–Crippen MR) is 137 cm³/mol. The summed E-state index contributed by atoms with van der Waals surface area (Å²) in [6.07, 6.45) is 7.57. The van der Waals surface area contributed by atoms with E-state index in [0.717, 1.165) is 77.4 Å². The van der Waals surface area contributed by atoms with Crippen molar-refractivity contribution in [1.29, 1.82) is 0 Å². The molecule has 0 aromatic carbocycles. The molecule has 7 nitrogen and oxygen atoms in total. The zero-order valence-electron chi connectivity index (χ0n) is 20.3. The SMILES string of the molecule is CCNC(=NCCCCCOC)N1CCC(N(CC2CC2)C(=O)OC(C)(C)C)CC1.I. The fraction of sp³-hybridized carbons (Fsp3) is 0.913. The van der Waals surface area contributed by atoms with Crippen molar-refractivity contribution >= 4 is 36.0 Å². The lowest BCUT2D eigenvalue weighted by Crippen LogP contribution is -2.52. The second-order valence-corrected chi connectivity index (χ2v) is 9.58. The molecule has 31 heavy (non-hydrogen) atoms. The van der Waals surface area contributed by atoms with Gasteiger partial charge in [-0.05, 0) is 78.6 Å². The number of methoxy groups -OCH3 is 1. The maximum atomic E-state index is 12.8. The fourth-order valence-corrected chi connectivity index (χ4v) is 3.81. The summed E-state index contributed by atoms with van der Waals surface area (Å²) in [5.41, 5.74) is -0.451. The molecular weight excluding hydrogens is 507 g/mol. The van der Waals surface area contributed by atoms with Crippen LogP contribution in [0.25, 0.3) is 0 Å². The van der Waals surface area contributed by atoms with E-state index in [0.29, 0.717) is 5.92 Å². The van der Waals surface area contributed by atoms with E-state index >= 15 is 0 Å². The van der Waals surface area contributed by atoms with E-state index in [4.69, 9.17) is 14.5 Å². The van der Waals surface area contributed by atoms with Crippen LogP contribution in [0.2, 0.25) is 0 Å². The molecule has 1 N–H and O–H groups in total. The van der Waals surface area contributed by atoms with Gasteiger partial charge in [0.2, 0.25) is 0 Å². The molecule has 1 amide bonds. The standard InChI is InChI=1S/C23H44N4O3.HI/c1-6-24-21(25-14-8-7-9-17-29-5)26-15-12-20(13-16-26)27(18-19-10-11-19)22(28)30-23(2,3)4;/h19-20H,6-18H2,1-5H3,(H,24,25);1H. The number of amides is 1. The van der Waals surface area contributed by atoms with Crippen molar-refractivity contribution in [2.45, 2.75) is 84.3 Å². The first-order valence-corrected chi connectivity index (χ1v) is 11.9. The molecule has 0 atom stereocenters. The second kappa shape index (κ2) is 14.4. The first-order chi connectivity index (χ1) is 14.3. The summed E-state index contributed by atoms with van der Waals surface area (Å²) in [7, 11) is 1.75. The van der Waals surface area contributed by atoms with E-state index in [2.05, 4.69) is 17.1 Å². The lowest BCUT2D eigenvalue weighted by atomic mass is 10.0. The van der Waals surface area contributed by atoms with Gasteiger partial charge in [0.25, 0.3) is 0 Å². The van der Waals surface area contributed by atoms with Gasteiger partial charge in [-0.2, -0.15) is 0 Å². The molecule has 182 valence electrons. The molecular formula is C23H45IN4O3. The maximum absolute atomic E-state index is 12.8. The van der Waals surface area contributed by atoms with Crippen molar-refractivity contribution < 1.29 is 14.3 Å². The van der Waals surface area contributed by atoms with Gasteiger partial charge in [-0.3, -0.25) is 4.99 Å². The topological polar surface area (TPSA) is 66.4 Å². The summed E-state index contributed by atoms with van der Waals surface area (Å²) in [5, 5.41) is 3.44. The number of ether oxygens (including phenoxy) is 2. The van der Waals surface area contributed by atoms with Gasteiger partial charge in [0, 0.05) is 52.5 Å². The number of hydrogen-bond acceptors (Lipinski definition) is 4. The summed E-state index contributed by atoms with van der Waals surface area (Å²) in [6.45, 7) is 13.2. The molecule has 1 aliphatic carbocycles. The summed E-state index contributed by atoms with van der Waals surface area (Å²) >= 11 is 0. The van der Waals surface area contributed by atoms with Crippen molar-refractivity contribution in [3.63, 3.8) is 0 Å². The highest BCUT2D eigenvalue weighted by Gasteiger charge is 2.35. The summed E-state index contributed by atoms with van der Waals surface area (Å²) in [4.78, 5) is 22.0. The fourth-order valence-electron chi connectivity index (χ4n) is 3.81. The number of hydrogen-bond donors (Lipinski definition) is 1. The number of rotatable bonds is 10. The second-order valence-electron chi connectivity index (χ2n) is 9.58. The van der Waals surface area contributed by atoms with Crippen molar-refractivity contribution in [2.24, 2.45) is 10.9 Å². The number of aliphatic imine (C=N–C) groups is 1. The molecule has 0 aromatic rings. The summed E-state index contributed by atoms with van der Waals surface area (Å²) < 4.78 is 10.8. The Labute approximate surface area is 206 Å². The van der Waals surface area contributed by atoms with Crippen molar-refractivity contribution in [2.75, 3.05) is 46.4 Å². The number of guanidine groups is 1. The first-order valence-electron chi connectivity index (χ1n) is 11.9. The minimum absolute atomic E-state index is 0. The van der Waals surface area contributed by atoms with Crippen LogP contribution in [0, 0.1) is 5.92 Å². The molecule has 2 fully saturated rings. The minimum atomic E-state index is -0.451. The largest absolute Gasteiger partial charge is 0.444 e. The van der Waals surface area contributed by atoms with Crippen LogP contribution >= 0.6 is 24.0 Å². The molecule has 0 aromatic heterocycles. The van der Waals surface area contributed by atoms with Gasteiger partial charge in [-0.25, -0.2) is 4.79 Å². The van der Waals surface area contributed by atoms with Crippen LogP contribution in [-0.2, 0) is 9.47 Å². The van der Waals surface area contributed by atoms with Gasteiger partial charge >= 0.3 is 6.09 Å². The molecule has 0 spiro atoms. The molecule has 1 heterocycles. The smallest absolute Gasteiger partial charge is 0.410 e. The Morgan fingerprint density at radius 3 is 2.35 bits per heavy atom. The number of halogens is 1. The lowest BCUT2D eigenvalue weighted by Gasteiger charge is -2.40. The third-order valence-electron chi connectivity index (χ3n) is 5.59. The van der Waals surface area contributed by atoms with Crippen LogP contribution in [0.4, 0.5) is 4.79 Å². The highest BCUT2D eigenvalue weighted by Crippen LogP contribution is 2.32. The van der Waals surface area contributed by atoms with Gasteiger partial charge in [0.05, 0.1) is 0 Å². The molecule has 0 bridgehead atoms. The quantitative estimate of drug-likeness (QED) is 0.187. The zero-order valence-corrected chi connectivity index (χ0v) is 22.7. The molecule has 1 aliphatic heterocycles. The Bertz CT molecular complexity index is 541. The Balaban J connectivity index is 0.00000480. The third-order valence-corrected chi connectivity index (χ3v) is 5.59. The average molecular weight is 553 g/mol. The Hall–Kier alpha value is -0.770. The van der Waals surface area contributed by atoms with Crippen molar-refractivity contribution in [1.82, 2.24) is 15.1 Å². The minimum Gasteiger partial charge on any atom is -0.444 e.